The summed E-state index contributed by atoms with van der Waals surface area (Å²) in [5, 5.41) is 4.37. The zero-order valence-electron chi connectivity index (χ0n) is 15.0. The van der Waals surface area contributed by atoms with Gasteiger partial charge in [0.05, 0.1) is 12.3 Å². The molecule has 0 saturated carbocycles. The molecule has 1 N–H and O–H groups in total. The summed E-state index contributed by atoms with van der Waals surface area (Å²) in [5.41, 5.74) is 1.64. The predicted octanol–water partition coefficient (Wildman–Crippen LogP) is 2.69. The number of hydrogen-bond donors (Lipinski definition) is 1. The molecule has 0 spiro atoms. The normalized spacial score (nSPS) is 17.7. The second-order valence-corrected chi connectivity index (χ2v) is 6.94. The summed E-state index contributed by atoms with van der Waals surface area (Å²) in [7, 11) is 0. The fraction of sp³-hybridized carbons (Fsp3) is 0.667. The van der Waals surface area contributed by atoms with Gasteiger partial charge in [-0.1, -0.05) is 31.3 Å². The standard InChI is InChI=1S/C18H29N3O2S/c1-4-7-16-15(6-3)17(22)24-18(20-16)21(10-5-2)11-9-19-14-8-12-23-13-14/h4,7,14,19H,5-6,8-13H2,1-3H3/b7-4-. The molecule has 1 aliphatic rings. The van der Waals surface area contributed by atoms with Crippen molar-refractivity contribution in [1.29, 1.82) is 0 Å². The van der Waals surface area contributed by atoms with Gasteiger partial charge >= 0.3 is 0 Å². The molecule has 1 fully saturated rings. The molecule has 0 aromatic carbocycles. The van der Waals surface area contributed by atoms with E-state index in [4.69, 9.17) is 9.72 Å². The highest BCUT2D eigenvalue weighted by molar-refractivity contribution is 7.13. The van der Waals surface area contributed by atoms with Crippen molar-refractivity contribution >= 4 is 22.5 Å². The van der Waals surface area contributed by atoms with E-state index in [0.717, 1.165) is 68.5 Å². The van der Waals surface area contributed by atoms with Crippen LogP contribution >= 0.6 is 11.3 Å². The molecule has 0 amide bonds. The summed E-state index contributed by atoms with van der Waals surface area (Å²) in [6.45, 7) is 10.4. The lowest BCUT2D eigenvalue weighted by Crippen LogP contribution is -2.38. The SMILES string of the molecule is C/C=C\c1nc(N(CCC)CCNC2CCOC2)sc(=O)c1CC. The molecule has 1 aliphatic heterocycles. The first-order valence-electron chi connectivity index (χ1n) is 8.92. The van der Waals surface area contributed by atoms with Crippen LogP contribution in [-0.4, -0.2) is 43.9 Å². The summed E-state index contributed by atoms with van der Waals surface area (Å²) in [4.78, 5) is 19.4. The van der Waals surface area contributed by atoms with Gasteiger partial charge in [0.2, 0.25) is 4.74 Å². The highest BCUT2D eigenvalue weighted by atomic mass is 32.1. The molecule has 2 heterocycles. The van der Waals surface area contributed by atoms with E-state index in [2.05, 4.69) is 17.1 Å². The van der Waals surface area contributed by atoms with E-state index >= 15 is 0 Å². The van der Waals surface area contributed by atoms with Crippen LogP contribution in [0, 0.1) is 0 Å². The number of allylic oxidation sites excluding steroid dienone is 1. The van der Waals surface area contributed by atoms with Gasteiger partial charge in [-0.05, 0) is 32.3 Å². The minimum Gasteiger partial charge on any atom is -0.380 e. The van der Waals surface area contributed by atoms with Gasteiger partial charge in [0.15, 0.2) is 5.13 Å². The van der Waals surface area contributed by atoms with Crippen LogP contribution in [0.3, 0.4) is 0 Å². The number of nitrogens with zero attached hydrogens (tertiary/aromatic N) is 2. The van der Waals surface area contributed by atoms with Crippen LogP contribution in [0.5, 0.6) is 0 Å². The summed E-state index contributed by atoms with van der Waals surface area (Å²) in [6.07, 6.45) is 6.72. The maximum atomic E-state index is 12.4. The molecule has 1 saturated heterocycles. The molecule has 1 aromatic rings. The van der Waals surface area contributed by atoms with E-state index in [1.165, 1.54) is 11.3 Å². The first-order chi connectivity index (χ1) is 11.7. The molecule has 1 aromatic heterocycles. The van der Waals surface area contributed by atoms with E-state index in [9.17, 15) is 4.79 Å². The number of anilines is 1. The summed E-state index contributed by atoms with van der Waals surface area (Å²) < 4.78 is 5.53. The van der Waals surface area contributed by atoms with E-state index in [0.29, 0.717) is 6.04 Å². The lowest BCUT2D eigenvalue weighted by molar-refractivity contribution is 0.190. The third-order valence-corrected chi connectivity index (χ3v) is 5.11. The van der Waals surface area contributed by atoms with Crippen LogP contribution < -0.4 is 15.0 Å². The Balaban J connectivity index is 2.12. The van der Waals surface area contributed by atoms with Gasteiger partial charge < -0.3 is 15.0 Å². The van der Waals surface area contributed by atoms with Crippen molar-refractivity contribution in [3.8, 4) is 0 Å². The van der Waals surface area contributed by atoms with Gasteiger partial charge in [0, 0.05) is 37.8 Å². The fourth-order valence-electron chi connectivity index (χ4n) is 2.87. The van der Waals surface area contributed by atoms with Crippen LogP contribution in [0.2, 0.25) is 0 Å². The van der Waals surface area contributed by atoms with Gasteiger partial charge in [-0.2, -0.15) is 0 Å². The highest BCUT2D eigenvalue weighted by Gasteiger charge is 2.17. The third-order valence-electron chi connectivity index (χ3n) is 4.14. The topological polar surface area (TPSA) is 54.5 Å². The summed E-state index contributed by atoms with van der Waals surface area (Å²) in [5.74, 6) is 0. The van der Waals surface area contributed by atoms with Gasteiger partial charge in [-0.3, -0.25) is 4.79 Å². The zero-order chi connectivity index (χ0) is 17.4. The Labute approximate surface area is 148 Å². The lowest BCUT2D eigenvalue weighted by Gasteiger charge is -2.24. The summed E-state index contributed by atoms with van der Waals surface area (Å²) in [6, 6.07) is 0.459. The van der Waals surface area contributed by atoms with Crippen molar-refractivity contribution in [2.75, 3.05) is 37.7 Å². The Morgan fingerprint density at radius 3 is 2.88 bits per heavy atom. The van der Waals surface area contributed by atoms with E-state index in [-0.39, 0.29) is 4.74 Å². The molecular formula is C18H29N3O2S. The number of hydrogen-bond acceptors (Lipinski definition) is 6. The van der Waals surface area contributed by atoms with Crippen LogP contribution in [0.15, 0.2) is 10.9 Å². The van der Waals surface area contributed by atoms with Gasteiger partial charge in [0.25, 0.3) is 0 Å². The second-order valence-electron chi connectivity index (χ2n) is 6.00. The monoisotopic (exact) mass is 351 g/mol. The number of rotatable bonds is 9. The van der Waals surface area contributed by atoms with E-state index in [1.807, 2.05) is 26.0 Å². The van der Waals surface area contributed by atoms with Gasteiger partial charge in [0.1, 0.15) is 0 Å². The Bertz CT molecular complexity index is 594. The number of aromatic nitrogens is 1. The molecule has 0 bridgehead atoms. The Kier molecular flexibility index (Phi) is 7.88. The lowest BCUT2D eigenvalue weighted by atomic mass is 10.2. The van der Waals surface area contributed by atoms with Crippen LogP contribution in [0.25, 0.3) is 6.08 Å². The van der Waals surface area contributed by atoms with E-state index in [1.54, 1.807) is 0 Å². The molecule has 134 valence electrons. The maximum absolute atomic E-state index is 12.4. The molecule has 0 radical (unpaired) electrons. The first-order valence-corrected chi connectivity index (χ1v) is 9.74. The minimum absolute atomic E-state index is 0.133. The van der Waals surface area contributed by atoms with Crippen LogP contribution in [-0.2, 0) is 11.2 Å². The van der Waals surface area contributed by atoms with Crippen molar-refractivity contribution in [2.24, 2.45) is 0 Å². The fourth-order valence-corrected chi connectivity index (χ4v) is 3.86. The van der Waals surface area contributed by atoms with Gasteiger partial charge in [-0.25, -0.2) is 4.98 Å². The Morgan fingerprint density at radius 1 is 1.42 bits per heavy atom. The molecule has 1 unspecified atom stereocenters. The smallest absolute Gasteiger partial charge is 0.240 e. The van der Waals surface area contributed by atoms with Crippen LogP contribution in [0.4, 0.5) is 5.13 Å². The molecular weight excluding hydrogens is 322 g/mol. The molecule has 0 aliphatic carbocycles. The molecule has 24 heavy (non-hydrogen) atoms. The molecule has 5 nitrogen and oxygen atoms in total. The number of ether oxygens (including phenoxy) is 1. The third kappa shape index (κ3) is 5.13. The predicted molar refractivity (Wildman–Crippen MR) is 102 cm³/mol. The average molecular weight is 352 g/mol. The Morgan fingerprint density at radius 2 is 2.25 bits per heavy atom. The number of nitrogens with one attached hydrogen (secondary N) is 1. The average Bonchev–Trinajstić information content (AvgIpc) is 3.07. The van der Waals surface area contributed by atoms with Gasteiger partial charge in [-0.15, -0.1) is 0 Å². The van der Waals surface area contributed by atoms with Crippen molar-refractivity contribution in [3.63, 3.8) is 0 Å². The first kappa shape index (κ1) is 19.1. The van der Waals surface area contributed by atoms with Crippen molar-refractivity contribution in [2.45, 2.75) is 46.1 Å². The zero-order valence-corrected chi connectivity index (χ0v) is 15.8. The van der Waals surface area contributed by atoms with Crippen molar-refractivity contribution < 1.29 is 4.74 Å². The minimum atomic E-state index is 0.133. The Hall–Kier alpha value is -1.24. The largest absolute Gasteiger partial charge is 0.380 e. The summed E-state index contributed by atoms with van der Waals surface area (Å²) >= 11 is 1.27. The van der Waals surface area contributed by atoms with Crippen molar-refractivity contribution in [1.82, 2.24) is 10.3 Å². The van der Waals surface area contributed by atoms with Crippen molar-refractivity contribution in [3.05, 3.63) is 26.9 Å². The quantitative estimate of drug-likeness (QED) is 0.741. The van der Waals surface area contributed by atoms with Crippen LogP contribution in [0.1, 0.15) is 44.9 Å². The molecule has 6 heteroatoms. The molecule has 1 atom stereocenters. The maximum Gasteiger partial charge on any atom is 0.240 e. The highest BCUT2D eigenvalue weighted by Crippen LogP contribution is 2.19. The van der Waals surface area contributed by atoms with E-state index < -0.39 is 0 Å². The molecule has 2 rings (SSSR count). The second kappa shape index (κ2) is 9.91.